The number of rotatable bonds is 4. The van der Waals surface area contributed by atoms with Gasteiger partial charge in [0.05, 0.1) is 21.6 Å². The van der Waals surface area contributed by atoms with Crippen LogP contribution in [-0.4, -0.2) is 14.9 Å². The first kappa shape index (κ1) is 13.3. The van der Waals surface area contributed by atoms with E-state index in [1.807, 2.05) is 0 Å². The molecular formula is C11H8BrFN4O2. The first-order valence-electron chi connectivity index (χ1n) is 5.20. The monoisotopic (exact) mass is 326 g/mol. The largest absolute Gasteiger partial charge is 0.374 e. The maximum Gasteiger partial charge on any atom is 0.293 e. The highest BCUT2D eigenvalue weighted by atomic mass is 79.9. The number of hydrogen-bond acceptors (Lipinski definition) is 5. The van der Waals surface area contributed by atoms with E-state index in [1.165, 1.54) is 6.33 Å². The highest BCUT2D eigenvalue weighted by Crippen LogP contribution is 2.30. The lowest BCUT2D eigenvalue weighted by Crippen LogP contribution is -2.05. The van der Waals surface area contributed by atoms with Crippen LogP contribution in [0.4, 0.5) is 15.8 Å². The zero-order chi connectivity index (χ0) is 13.8. The van der Waals surface area contributed by atoms with E-state index in [0.29, 0.717) is 5.69 Å². The minimum atomic E-state index is -0.577. The molecule has 0 radical (unpaired) electrons. The van der Waals surface area contributed by atoms with Gasteiger partial charge in [0, 0.05) is 18.3 Å². The predicted molar refractivity (Wildman–Crippen MR) is 70.1 cm³/mol. The van der Waals surface area contributed by atoms with Crippen molar-refractivity contribution < 1.29 is 9.31 Å². The van der Waals surface area contributed by atoms with Gasteiger partial charge < -0.3 is 5.32 Å². The molecule has 2 rings (SSSR count). The SMILES string of the molecule is O=[N+]([O-])c1cc(Br)c(F)cc1NCc1ccncn1. The Morgan fingerprint density at radius 2 is 2.26 bits per heavy atom. The molecule has 0 bridgehead atoms. The van der Waals surface area contributed by atoms with Crippen molar-refractivity contribution in [2.45, 2.75) is 6.54 Å². The van der Waals surface area contributed by atoms with Crippen LogP contribution < -0.4 is 5.32 Å². The van der Waals surface area contributed by atoms with Crippen LogP contribution in [0, 0.1) is 15.9 Å². The summed E-state index contributed by atoms with van der Waals surface area (Å²) < 4.78 is 13.5. The summed E-state index contributed by atoms with van der Waals surface area (Å²) in [6.07, 6.45) is 2.92. The second-order valence-electron chi connectivity index (χ2n) is 3.59. The Morgan fingerprint density at radius 1 is 1.47 bits per heavy atom. The van der Waals surface area contributed by atoms with Crippen LogP contribution in [0.3, 0.4) is 0 Å². The van der Waals surface area contributed by atoms with Crippen LogP contribution in [-0.2, 0) is 6.54 Å². The molecule has 0 aliphatic rings. The van der Waals surface area contributed by atoms with E-state index in [0.717, 1.165) is 12.1 Å². The Hall–Kier alpha value is -2.09. The maximum absolute atomic E-state index is 13.4. The van der Waals surface area contributed by atoms with Crippen LogP contribution >= 0.6 is 15.9 Å². The van der Waals surface area contributed by atoms with Gasteiger partial charge in [-0.25, -0.2) is 14.4 Å². The first-order chi connectivity index (χ1) is 9.08. The zero-order valence-electron chi connectivity index (χ0n) is 9.51. The number of nitro benzene ring substituents is 1. The van der Waals surface area contributed by atoms with Crippen LogP contribution in [0.2, 0.25) is 0 Å². The second-order valence-corrected chi connectivity index (χ2v) is 4.45. The summed E-state index contributed by atoms with van der Waals surface area (Å²) in [7, 11) is 0. The molecule has 0 aliphatic heterocycles. The van der Waals surface area contributed by atoms with Crippen molar-refractivity contribution in [3.63, 3.8) is 0 Å². The standard InChI is InChI=1S/C11H8BrFN4O2/c12-8-3-11(17(18)19)10(4-9(8)13)15-5-7-1-2-14-6-16-7/h1-4,6,15H,5H2. The van der Waals surface area contributed by atoms with Crippen molar-refractivity contribution in [1.29, 1.82) is 0 Å². The third-order valence-corrected chi connectivity index (χ3v) is 2.95. The van der Waals surface area contributed by atoms with E-state index in [9.17, 15) is 14.5 Å². The molecule has 0 aliphatic carbocycles. The smallest absolute Gasteiger partial charge is 0.293 e. The minimum absolute atomic E-state index is 0.0480. The van der Waals surface area contributed by atoms with Gasteiger partial charge in [0.25, 0.3) is 5.69 Å². The van der Waals surface area contributed by atoms with E-state index in [1.54, 1.807) is 12.3 Å². The van der Waals surface area contributed by atoms with Crippen LogP contribution in [0.15, 0.2) is 35.2 Å². The minimum Gasteiger partial charge on any atom is -0.374 e. The van der Waals surface area contributed by atoms with E-state index >= 15 is 0 Å². The van der Waals surface area contributed by atoms with E-state index in [2.05, 4.69) is 31.2 Å². The molecule has 98 valence electrons. The van der Waals surface area contributed by atoms with Crippen molar-refractivity contribution in [3.8, 4) is 0 Å². The van der Waals surface area contributed by atoms with Gasteiger partial charge >= 0.3 is 0 Å². The molecule has 1 aromatic heterocycles. The van der Waals surface area contributed by atoms with Crippen molar-refractivity contribution in [2.24, 2.45) is 0 Å². The first-order valence-corrected chi connectivity index (χ1v) is 5.99. The van der Waals surface area contributed by atoms with Gasteiger partial charge in [0.2, 0.25) is 0 Å². The second kappa shape index (κ2) is 5.70. The fraction of sp³-hybridized carbons (Fsp3) is 0.0909. The van der Waals surface area contributed by atoms with Gasteiger partial charge in [0.1, 0.15) is 17.8 Å². The topological polar surface area (TPSA) is 81.0 Å². The molecule has 1 heterocycles. The fourth-order valence-electron chi connectivity index (χ4n) is 1.44. The van der Waals surface area contributed by atoms with Gasteiger partial charge in [-0.3, -0.25) is 10.1 Å². The molecule has 0 atom stereocenters. The number of halogens is 2. The van der Waals surface area contributed by atoms with Gasteiger partial charge in [-0.15, -0.1) is 0 Å². The van der Waals surface area contributed by atoms with Crippen molar-refractivity contribution >= 4 is 27.3 Å². The van der Waals surface area contributed by atoms with E-state index < -0.39 is 10.7 Å². The molecule has 0 fully saturated rings. The summed E-state index contributed by atoms with van der Waals surface area (Å²) in [5, 5.41) is 13.7. The summed E-state index contributed by atoms with van der Waals surface area (Å²) in [6.45, 7) is 0.241. The Labute approximate surface area is 116 Å². The molecule has 1 N–H and O–H groups in total. The van der Waals surface area contributed by atoms with E-state index in [-0.39, 0.29) is 22.4 Å². The molecule has 0 unspecified atom stereocenters. The molecule has 0 saturated carbocycles. The van der Waals surface area contributed by atoms with Crippen LogP contribution in [0.1, 0.15) is 5.69 Å². The summed E-state index contributed by atoms with van der Waals surface area (Å²) in [4.78, 5) is 18.0. The number of nitrogens with zero attached hydrogens (tertiary/aromatic N) is 3. The van der Waals surface area contributed by atoms with Gasteiger partial charge in [0.15, 0.2) is 0 Å². The molecule has 0 saturated heterocycles. The highest BCUT2D eigenvalue weighted by molar-refractivity contribution is 9.10. The quantitative estimate of drug-likeness (QED) is 0.690. The number of hydrogen-bond donors (Lipinski definition) is 1. The average Bonchev–Trinajstić information content (AvgIpc) is 2.40. The normalized spacial score (nSPS) is 10.2. The molecule has 2 aromatic rings. The number of nitrogens with one attached hydrogen (secondary N) is 1. The molecule has 0 amide bonds. The van der Waals surface area contributed by atoms with Gasteiger partial charge in [-0.2, -0.15) is 0 Å². The maximum atomic E-state index is 13.4. The Bertz CT molecular complexity index is 609. The van der Waals surface area contributed by atoms with Gasteiger partial charge in [-0.1, -0.05) is 0 Å². The number of anilines is 1. The molecule has 6 nitrogen and oxygen atoms in total. The highest BCUT2D eigenvalue weighted by Gasteiger charge is 2.17. The number of benzene rings is 1. The van der Waals surface area contributed by atoms with Crippen molar-refractivity contribution in [3.05, 3.63) is 56.8 Å². The Morgan fingerprint density at radius 3 is 2.89 bits per heavy atom. The summed E-state index contributed by atoms with van der Waals surface area (Å²) in [5.41, 5.74) is 0.541. The fourth-order valence-corrected chi connectivity index (χ4v) is 1.77. The number of aromatic nitrogens is 2. The summed E-state index contributed by atoms with van der Waals surface area (Å²) in [6, 6.07) is 3.86. The Kier molecular flexibility index (Phi) is 4.00. The number of nitro groups is 1. The molecule has 19 heavy (non-hydrogen) atoms. The van der Waals surface area contributed by atoms with Gasteiger partial charge in [-0.05, 0) is 22.0 Å². The third-order valence-electron chi connectivity index (χ3n) is 2.34. The van der Waals surface area contributed by atoms with E-state index in [4.69, 9.17) is 0 Å². The third kappa shape index (κ3) is 3.22. The lowest BCUT2D eigenvalue weighted by molar-refractivity contribution is -0.384. The zero-order valence-corrected chi connectivity index (χ0v) is 11.1. The van der Waals surface area contributed by atoms with Crippen LogP contribution in [0.25, 0.3) is 0 Å². The molecular weight excluding hydrogens is 319 g/mol. The van der Waals surface area contributed by atoms with Crippen molar-refractivity contribution in [2.75, 3.05) is 5.32 Å². The average molecular weight is 327 g/mol. The lowest BCUT2D eigenvalue weighted by Gasteiger charge is -2.07. The molecule has 1 aromatic carbocycles. The summed E-state index contributed by atoms with van der Waals surface area (Å²) >= 11 is 2.92. The lowest BCUT2D eigenvalue weighted by atomic mass is 10.2. The summed E-state index contributed by atoms with van der Waals surface area (Å²) in [5.74, 6) is -0.573. The van der Waals surface area contributed by atoms with Crippen LogP contribution in [0.5, 0.6) is 0 Å². The molecule has 8 heteroatoms. The Balaban J connectivity index is 2.24. The molecule has 0 spiro atoms. The predicted octanol–water partition coefficient (Wildman–Crippen LogP) is 2.90. The van der Waals surface area contributed by atoms with Crippen molar-refractivity contribution in [1.82, 2.24) is 9.97 Å².